The van der Waals surface area contributed by atoms with Gasteiger partial charge >= 0.3 is 6.18 Å². The van der Waals surface area contributed by atoms with Crippen LogP contribution in [0.2, 0.25) is 0 Å². The Morgan fingerprint density at radius 2 is 1.91 bits per heavy atom. The fraction of sp³-hybridized carbons (Fsp3) is 0.320. The highest BCUT2D eigenvalue weighted by molar-refractivity contribution is 6.05. The molecule has 10 heteroatoms. The Balaban J connectivity index is 1.52. The first kappa shape index (κ1) is 24.5. The van der Waals surface area contributed by atoms with Crippen molar-refractivity contribution in [3.05, 3.63) is 76.6 Å². The molecule has 1 fully saturated rings. The van der Waals surface area contributed by atoms with E-state index in [0.29, 0.717) is 19.6 Å². The Kier molecular flexibility index (Phi) is 6.93. The van der Waals surface area contributed by atoms with Crippen molar-refractivity contribution < 1.29 is 27.5 Å². The molecule has 0 spiro atoms. The van der Waals surface area contributed by atoms with Gasteiger partial charge in [0.1, 0.15) is 6.10 Å². The molecular weight excluding hydrogens is 461 g/mol. The number of ether oxygens (including phenoxy) is 1. The summed E-state index contributed by atoms with van der Waals surface area (Å²) >= 11 is 0. The number of nitrogens with one attached hydrogen (secondary N) is 2. The summed E-state index contributed by atoms with van der Waals surface area (Å²) in [5.41, 5.74) is 1.34. The lowest BCUT2D eigenvalue weighted by Crippen LogP contribution is -2.27. The van der Waals surface area contributed by atoms with Gasteiger partial charge in [0.15, 0.2) is 0 Å². The van der Waals surface area contributed by atoms with Crippen molar-refractivity contribution in [2.75, 3.05) is 17.2 Å². The molecule has 0 saturated carbocycles. The minimum atomic E-state index is -4.75. The van der Waals surface area contributed by atoms with E-state index in [9.17, 15) is 22.8 Å². The summed E-state index contributed by atoms with van der Waals surface area (Å²) in [6.07, 6.45) is -4.18. The molecule has 2 N–H and O–H groups in total. The van der Waals surface area contributed by atoms with Crippen molar-refractivity contribution >= 4 is 23.2 Å². The minimum Gasteiger partial charge on any atom is -0.368 e. The van der Waals surface area contributed by atoms with Crippen molar-refractivity contribution in [3.63, 3.8) is 0 Å². The number of rotatable bonds is 6. The SMILES string of the molecule is Cc1cc(C)n(Cc2cccc(C(=O)Nc3ccc(NC(=O)C4CCCO4)cc3C(F)(F)F)c2)n1. The van der Waals surface area contributed by atoms with Crippen molar-refractivity contribution in [1.29, 1.82) is 0 Å². The van der Waals surface area contributed by atoms with E-state index in [1.165, 1.54) is 12.1 Å². The van der Waals surface area contributed by atoms with Crippen LogP contribution in [0.15, 0.2) is 48.5 Å². The summed E-state index contributed by atoms with van der Waals surface area (Å²) in [5.74, 6) is -1.17. The van der Waals surface area contributed by atoms with E-state index >= 15 is 0 Å². The Labute approximate surface area is 200 Å². The van der Waals surface area contributed by atoms with Crippen LogP contribution in [0.25, 0.3) is 0 Å². The number of aromatic nitrogens is 2. The topological polar surface area (TPSA) is 85.2 Å². The van der Waals surface area contributed by atoms with E-state index in [-0.39, 0.29) is 11.3 Å². The number of benzene rings is 2. The van der Waals surface area contributed by atoms with Crippen LogP contribution in [-0.2, 0) is 22.3 Å². The lowest BCUT2D eigenvalue weighted by Gasteiger charge is -2.17. The Hall–Kier alpha value is -3.66. The molecule has 1 aromatic heterocycles. The molecule has 1 atom stereocenters. The predicted octanol–water partition coefficient (Wildman–Crippen LogP) is 4.94. The molecule has 3 aromatic rings. The fourth-order valence-corrected chi connectivity index (χ4v) is 3.99. The third kappa shape index (κ3) is 5.89. The first-order valence-corrected chi connectivity index (χ1v) is 11.2. The zero-order chi connectivity index (χ0) is 25.2. The Bertz CT molecular complexity index is 1250. The zero-order valence-corrected chi connectivity index (χ0v) is 19.3. The lowest BCUT2D eigenvalue weighted by molar-refractivity contribution is -0.137. The number of nitrogens with zero attached hydrogens (tertiary/aromatic N) is 2. The van der Waals surface area contributed by atoms with Gasteiger partial charge in [-0.1, -0.05) is 12.1 Å². The number of halogens is 3. The number of carbonyl (C=O) groups is 2. The molecule has 4 rings (SSSR count). The predicted molar refractivity (Wildman–Crippen MR) is 124 cm³/mol. The molecular formula is C25H25F3N4O3. The molecule has 0 radical (unpaired) electrons. The van der Waals surface area contributed by atoms with Crippen LogP contribution in [-0.4, -0.2) is 34.3 Å². The summed E-state index contributed by atoms with van der Waals surface area (Å²) in [4.78, 5) is 25.0. The summed E-state index contributed by atoms with van der Waals surface area (Å²) in [5, 5.41) is 9.21. The van der Waals surface area contributed by atoms with Crippen LogP contribution in [0, 0.1) is 13.8 Å². The van der Waals surface area contributed by atoms with Crippen molar-refractivity contribution in [2.45, 2.75) is 45.5 Å². The lowest BCUT2D eigenvalue weighted by atomic mass is 10.1. The molecule has 0 aliphatic carbocycles. The number of aryl methyl sites for hydroxylation is 2. The molecule has 2 amide bonds. The van der Waals surface area contributed by atoms with Gasteiger partial charge in [-0.3, -0.25) is 14.3 Å². The second-order valence-electron chi connectivity index (χ2n) is 8.49. The zero-order valence-electron chi connectivity index (χ0n) is 19.3. The quantitative estimate of drug-likeness (QED) is 0.517. The molecule has 1 aliphatic rings. The number of carbonyl (C=O) groups excluding carboxylic acids is 2. The standard InChI is InChI=1S/C25H25F3N4O3/c1-15-11-16(2)32(31-15)14-17-5-3-6-18(12-17)23(33)30-21-9-8-19(13-20(21)25(26,27)28)29-24(34)22-7-4-10-35-22/h3,5-6,8-9,11-13,22H,4,7,10,14H2,1-2H3,(H,29,34)(H,30,33). The monoisotopic (exact) mass is 486 g/mol. The first-order valence-electron chi connectivity index (χ1n) is 11.2. The largest absolute Gasteiger partial charge is 0.418 e. The fourth-order valence-electron chi connectivity index (χ4n) is 3.99. The Morgan fingerprint density at radius 1 is 1.11 bits per heavy atom. The van der Waals surface area contributed by atoms with Crippen LogP contribution in [0.3, 0.4) is 0 Å². The number of hydrogen-bond donors (Lipinski definition) is 2. The normalized spacial score (nSPS) is 15.7. The van der Waals surface area contributed by atoms with Crippen molar-refractivity contribution in [2.24, 2.45) is 0 Å². The van der Waals surface area contributed by atoms with Crippen LogP contribution in [0.4, 0.5) is 24.5 Å². The maximum Gasteiger partial charge on any atom is 0.418 e. The van der Waals surface area contributed by atoms with Gasteiger partial charge in [0, 0.05) is 23.6 Å². The van der Waals surface area contributed by atoms with E-state index < -0.39 is 35.3 Å². The van der Waals surface area contributed by atoms with Crippen LogP contribution >= 0.6 is 0 Å². The molecule has 1 saturated heterocycles. The van der Waals surface area contributed by atoms with Crippen LogP contribution in [0.5, 0.6) is 0 Å². The molecule has 184 valence electrons. The highest BCUT2D eigenvalue weighted by Gasteiger charge is 2.35. The summed E-state index contributed by atoms with van der Waals surface area (Å²) in [6.45, 7) is 4.67. The minimum absolute atomic E-state index is 0.0253. The van der Waals surface area contributed by atoms with Gasteiger partial charge in [-0.2, -0.15) is 18.3 Å². The van der Waals surface area contributed by atoms with Gasteiger partial charge in [0.25, 0.3) is 11.8 Å². The second-order valence-corrected chi connectivity index (χ2v) is 8.49. The highest BCUT2D eigenvalue weighted by atomic mass is 19.4. The average Bonchev–Trinajstić information content (AvgIpc) is 3.44. The van der Waals surface area contributed by atoms with E-state index in [4.69, 9.17) is 4.74 Å². The van der Waals surface area contributed by atoms with Crippen LogP contribution in [0.1, 0.15) is 45.7 Å². The van der Waals surface area contributed by atoms with Crippen LogP contribution < -0.4 is 10.6 Å². The third-order valence-corrected chi connectivity index (χ3v) is 5.69. The van der Waals surface area contributed by atoms with E-state index in [1.54, 1.807) is 16.8 Å². The summed E-state index contributed by atoms with van der Waals surface area (Å²) in [6, 6.07) is 11.8. The van der Waals surface area contributed by atoms with E-state index in [2.05, 4.69) is 15.7 Å². The Morgan fingerprint density at radius 3 is 2.57 bits per heavy atom. The van der Waals surface area contributed by atoms with Gasteiger partial charge < -0.3 is 15.4 Å². The molecule has 0 bridgehead atoms. The highest BCUT2D eigenvalue weighted by Crippen LogP contribution is 2.37. The molecule has 1 aliphatic heterocycles. The smallest absolute Gasteiger partial charge is 0.368 e. The third-order valence-electron chi connectivity index (χ3n) is 5.69. The maximum absolute atomic E-state index is 13.8. The van der Waals surface area contributed by atoms with Crippen molar-refractivity contribution in [1.82, 2.24) is 9.78 Å². The molecule has 2 heterocycles. The average molecular weight is 486 g/mol. The van der Waals surface area contributed by atoms with Gasteiger partial charge in [-0.25, -0.2) is 0 Å². The number of hydrogen-bond acceptors (Lipinski definition) is 4. The summed E-state index contributed by atoms with van der Waals surface area (Å²) < 4.78 is 48.4. The second kappa shape index (κ2) is 9.91. The van der Waals surface area contributed by atoms with Gasteiger partial charge in [-0.15, -0.1) is 0 Å². The molecule has 1 unspecified atom stereocenters. The number of alkyl halides is 3. The number of amides is 2. The van der Waals surface area contributed by atoms with Gasteiger partial charge in [0.05, 0.1) is 23.5 Å². The van der Waals surface area contributed by atoms with E-state index in [0.717, 1.165) is 35.5 Å². The number of anilines is 2. The molecule has 35 heavy (non-hydrogen) atoms. The summed E-state index contributed by atoms with van der Waals surface area (Å²) in [7, 11) is 0. The molecule has 2 aromatic carbocycles. The van der Waals surface area contributed by atoms with Gasteiger partial charge in [-0.05, 0) is 68.7 Å². The maximum atomic E-state index is 13.8. The van der Waals surface area contributed by atoms with E-state index in [1.807, 2.05) is 26.0 Å². The van der Waals surface area contributed by atoms with Gasteiger partial charge in [0.2, 0.25) is 0 Å². The first-order chi connectivity index (χ1) is 16.6. The molecule has 7 nitrogen and oxygen atoms in total. The van der Waals surface area contributed by atoms with Crippen molar-refractivity contribution in [3.8, 4) is 0 Å².